The molecule has 184 valence electrons. The highest BCUT2D eigenvalue weighted by Crippen LogP contribution is 2.34. The van der Waals surface area contributed by atoms with Gasteiger partial charge in [-0.1, -0.05) is 23.5 Å². The van der Waals surface area contributed by atoms with Crippen molar-refractivity contribution in [3.63, 3.8) is 0 Å². The van der Waals surface area contributed by atoms with Gasteiger partial charge >= 0.3 is 12.2 Å². The number of halogens is 3. The van der Waals surface area contributed by atoms with Crippen LogP contribution in [0.4, 0.5) is 34.5 Å². The first kappa shape index (κ1) is 23.4. The van der Waals surface area contributed by atoms with Crippen molar-refractivity contribution in [2.45, 2.75) is 12.3 Å². The van der Waals surface area contributed by atoms with E-state index in [9.17, 15) is 18.0 Å². The van der Waals surface area contributed by atoms with Crippen LogP contribution in [0.2, 0.25) is 0 Å². The van der Waals surface area contributed by atoms with Crippen molar-refractivity contribution >= 4 is 45.1 Å². The summed E-state index contributed by atoms with van der Waals surface area (Å²) in [5.74, 6) is 0. The molecule has 0 saturated heterocycles. The summed E-state index contributed by atoms with van der Waals surface area (Å²) >= 11 is 1.42. The number of fused-ring (bicyclic) bond motifs is 1. The van der Waals surface area contributed by atoms with Crippen LogP contribution < -0.4 is 21.3 Å². The van der Waals surface area contributed by atoms with Crippen molar-refractivity contribution in [1.29, 1.82) is 0 Å². The number of amides is 2. The molecule has 2 aliphatic heterocycles. The van der Waals surface area contributed by atoms with Gasteiger partial charge in [0.15, 0.2) is 0 Å². The Labute approximate surface area is 207 Å². The Hall–Kier alpha value is -4.39. The first-order valence-corrected chi connectivity index (χ1v) is 11.5. The van der Waals surface area contributed by atoms with E-state index in [4.69, 9.17) is 0 Å². The number of hydrogen-bond acceptors (Lipinski definition) is 8. The quantitative estimate of drug-likeness (QED) is 0.385. The molecule has 3 aromatic rings. The minimum atomic E-state index is -4.48. The van der Waals surface area contributed by atoms with Crippen molar-refractivity contribution in [2.75, 3.05) is 17.2 Å². The van der Waals surface area contributed by atoms with Crippen molar-refractivity contribution < 1.29 is 18.0 Å². The standard InChI is InChI=1S/C23H19F3N8OS/c24-23(25,26)13-29-21(35)30-16-4-1-3-14(9-16)18-12-28-19-10-15(6-8-34(18)19)20-32-33-22(36-20)31-17-5-2-7-27-11-17/h1-12,19,28H,13H2,(H,31,33)(H2,29,30,35). The van der Waals surface area contributed by atoms with E-state index in [0.29, 0.717) is 10.8 Å². The number of carbonyl (C=O) groups excluding carboxylic acids is 1. The minimum absolute atomic E-state index is 0.162. The number of aromatic nitrogens is 3. The van der Waals surface area contributed by atoms with Crippen LogP contribution in [-0.2, 0) is 0 Å². The number of nitrogens with one attached hydrogen (secondary N) is 4. The van der Waals surface area contributed by atoms with E-state index in [1.165, 1.54) is 11.3 Å². The number of allylic oxidation sites excluding steroid dienone is 2. The topological polar surface area (TPSA) is 107 Å². The third-order valence-corrected chi connectivity index (χ3v) is 6.06. The second kappa shape index (κ2) is 9.70. The molecule has 0 bridgehead atoms. The van der Waals surface area contributed by atoms with Gasteiger partial charge in [-0.25, -0.2) is 4.79 Å². The van der Waals surface area contributed by atoms with Gasteiger partial charge in [0.2, 0.25) is 5.13 Å². The summed E-state index contributed by atoms with van der Waals surface area (Å²) in [4.78, 5) is 17.9. The first-order chi connectivity index (χ1) is 17.3. The van der Waals surface area contributed by atoms with Crippen molar-refractivity contribution in [3.8, 4) is 0 Å². The molecule has 0 fully saturated rings. The highest BCUT2D eigenvalue weighted by atomic mass is 32.1. The Bertz CT molecular complexity index is 1350. The predicted molar refractivity (Wildman–Crippen MR) is 131 cm³/mol. The Morgan fingerprint density at radius 3 is 2.83 bits per heavy atom. The fraction of sp³-hybridized carbons (Fsp3) is 0.130. The van der Waals surface area contributed by atoms with E-state index < -0.39 is 18.8 Å². The van der Waals surface area contributed by atoms with Crippen LogP contribution in [0, 0.1) is 0 Å². The van der Waals surface area contributed by atoms with E-state index in [1.807, 2.05) is 47.7 Å². The average molecular weight is 513 g/mol. The fourth-order valence-electron chi connectivity index (χ4n) is 3.59. The molecule has 2 aliphatic rings. The Morgan fingerprint density at radius 2 is 2.03 bits per heavy atom. The van der Waals surface area contributed by atoms with E-state index in [0.717, 1.165) is 27.5 Å². The van der Waals surface area contributed by atoms with Gasteiger partial charge in [0.25, 0.3) is 0 Å². The molecule has 2 amide bonds. The van der Waals surface area contributed by atoms with E-state index >= 15 is 0 Å². The van der Waals surface area contributed by atoms with E-state index in [1.54, 1.807) is 35.9 Å². The molecule has 36 heavy (non-hydrogen) atoms. The Kier molecular flexibility index (Phi) is 6.29. The van der Waals surface area contributed by atoms with Gasteiger partial charge in [-0.3, -0.25) is 4.98 Å². The van der Waals surface area contributed by atoms with Crippen LogP contribution in [0.1, 0.15) is 10.6 Å². The molecule has 4 heterocycles. The zero-order valence-electron chi connectivity index (χ0n) is 18.5. The van der Waals surface area contributed by atoms with E-state index in [2.05, 4.69) is 31.1 Å². The molecule has 0 saturated carbocycles. The molecule has 0 radical (unpaired) electrons. The molecule has 4 N–H and O–H groups in total. The number of pyridine rings is 1. The number of rotatable bonds is 6. The molecule has 5 rings (SSSR count). The summed E-state index contributed by atoms with van der Waals surface area (Å²) in [5.41, 5.74) is 3.71. The normalized spacial score (nSPS) is 16.5. The number of carbonyl (C=O) groups is 1. The number of benzene rings is 1. The lowest BCUT2D eigenvalue weighted by Crippen LogP contribution is -2.36. The summed E-state index contributed by atoms with van der Waals surface area (Å²) < 4.78 is 37.0. The zero-order chi connectivity index (χ0) is 25.1. The van der Waals surface area contributed by atoms with Crippen LogP contribution in [-0.4, -0.2) is 45.0 Å². The summed E-state index contributed by atoms with van der Waals surface area (Å²) in [7, 11) is 0. The highest BCUT2D eigenvalue weighted by molar-refractivity contribution is 7.16. The number of urea groups is 1. The second-order valence-corrected chi connectivity index (χ2v) is 8.75. The van der Waals surface area contributed by atoms with Gasteiger partial charge in [-0.05, 0) is 36.4 Å². The van der Waals surface area contributed by atoms with Crippen LogP contribution >= 0.6 is 11.3 Å². The predicted octanol–water partition coefficient (Wildman–Crippen LogP) is 4.50. The Morgan fingerprint density at radius 1 is 1.17 bits per heavy atom. The summed E-state index contributed by atoms with van der Waals surface area (Å²) in [6.07, 6.45) is 6.46. The first-order valence-electron chi connectivity index (χ1n) is 10.7. The van der Waals surface area contributed by atoms with Crippen LogP contribution in [0.25, 0.3) is 11.3 Å². The van der Waals surface area contributed by atoms with Crippen LogP contribution in [0.5, 0.6) is 0 Å². The lowest BCUT2D eigenvalue weighted by molar-refractivity contribution is -0.122. The van der Waals surface area contributed by atoms with Gasteiger partial charge in [0, 0.05) is 35.4 Å². The van der Waals surface area contributed by atoms with Crippen LogP contribution in [0.3, 0.4) is 0 Å². The molecule has 9 nitrogen and oxygen atoms in total. The largest absolute Gasteiger partial charge is 0.405 e. The van der Waals surface area contributed by atoms with Gasteiger partial charge in [-0.2, -0.15) is 13.2 Å². The van der Waals surface area contributed by atoms with Crippen LogP contribution in [0.15, 0.2) is 73.3 Å². The van der Waals surface area contributed by atoms with Gasteiger partial charge in [0.05, 0.1) is 17.6 Å². The third-order valence-electron chi connectivity index (χ3n) is 5.17. The summed E-state index contributed by atoms with van der Waals surface area (Å²) in [6.45, 7) is -1.40. The molecule has 1 atom stereocenters. The maximum absolute atomic E-state index is 12.3. The molecular weight excluding hydrogens is 493 g/mol. The summed E-state index contributed by atoms with van der Waals surface area (Å²) in [6, 6.07) is 9.65. The van der Waals surface area contributed by atoms with Gasteiger partial charge < -0.3 is 26.2 Å². The molecule has 13 heteroatoms. The second-order valence-electron chi connectivity index (χ2n) is 7.77. The monoisotopic (exact) mass is 512 g/mol. The van der Waals surface area contributed by atoms with Gasteiger partial charge in [-0.15, -0.1) is 10.2 Å². The Balaban J connectivity index is 1.24. The zero-order valence-corrected chi connectivity index (χ0v) is 19.3. The maximum atomic E-state index is 12.3. The van der Waals surface area contributed by atoms with Crippen molar-refractivity contribution in [2.24, 2.45) is 0 Å². The minimum Gasteiger partial charge on any atom is -0.366 e. The summed E-state index contributed by atoms with van der Waals surface area (Å²) in [5, 5.41) is 20.6. The fourth-order valence-corrected chi connectivity index (χ4v) is 4.36. The molecule has 0 spiro atoms. The number of anilines is 3. The molecule has 1 aromatic carbocycles. The average Bonchev–Trinajstić information content (AvgIpc) is 3.50. The lowest BCUT2D eigenvalue weighted by atomic mass is 10.1. The highest BCUT2D eigenvalue weighted by Gasteiger charge is 2.29. The number of hydrogen-bond donors (Lipinski definition) is 4. The maximum Gasteiger partial charge on any atom is 0.405 e. The molecule has 2 aromatic heterocycles. The van der Waals surface area contributed by atoms with Gasteiger partial charge in [0.1, 0.15) is 17.7 Å². The SMILES string of the molecule is O=C(NCC(F)(F)F)Nc1cccc(C2=CNC3C=C(c4nnc(Nc5cccnc5)s4)C=CN23)c1. The lowest BCUT2D eigenvalue weighted by Gasteiger charge is -2.27. The number of nitrogens with zero attached hydrogens (tertiary/aromatic N) is 4. The number of alkyl halides is 3. The smallest absolute Gasteiger partial charge is 0.366 e. The molecular formula is C23H19F3N8OS. The molecule has 0 aliphatic carbocycles. The molecule has 1 unspecified atom stereocenters. The van der Waals surface area contributed by atoms with Crippen molar-refractivity contribution in [1.82, 2.24) is 30.7 Å². The van der Waals surface area contributed by atoms with Crippen molar-refractivity contribution in [3.05, 3.63) is 83.9 Å². The van der Waals surface area contributed by atoms with E-state index in [-0.39, 0.29) is 6.17 Å². The third kappa shape index (κ3) is 5.46.